The van der Waals surface area contributed by atoms with Gasteiger partial charge in [0.1, 0.15) is 0 Å². The molecule has 1 aromatic carbocycles. The molecule has 0 bridgehead atoms. The molecule has 1 N–H and O–H groups in total. The van der Waals surface area contributed by atoms with Crippen LogP contribution in [0.5, 0.6) is 0 Å². The maximum atomic E-state index is 11.8. The van der Waals surface area contributed by atoms with Gasteiger partial charge in [-0.05, 0) is 37.2 Å². The summed E-state index contributed by atoms with van der Waals surface area (Å²) in [5.74, 6) is -0.324. The maximum absolute atomic E-state index is 11.8. The number of esters is 1. The van der Waals surface area contributed by atoms with Crippen LogP contribution in [0.1, 0.15) is 36.2 Å². The summed E-state index contributed by atoms with van der Waals surface area (Å²) in [6.45, 7) is 7.58. The predicted octanol–water partition coefficient (Wildman–Crippen LogP) is 2.07. The number of rotatable bonds is 8. The number of hydrogen-bond acceptors (Lipinski definition) is 4. The number of ether oxygens (including phenoxy) is 1. The first kappa shape index (κ1) is 19.7. The van der Waals surface area contributed by atoms with Gasteiger partial charge in [0.25, 0.3) is 0 Å². The van der Waals surface area contributed by atoms with Crippen LogP contribution in [0, 0.1) is 0 Å². The van der Waals surface area contributed by atoms with E-state index in [-0.39, 0.29) is 45.3 Å². The average molecular weight is 354 g/mol. The summed E-state index contributed by atoms with van der Waals surface area (Å²) in [4.78, 5) is 14.1. The Morgan fingerprint density at radius 1 is 1.30 bits per heavy atom. The van der Waals surface area contributed by atoms with Crippen LogP contribution in [0.25, 0.3) is 0 Å². The normalized spacial score (nSPS) is 10.2. The molecule has 0 atom stereocenters. The van der Waals surface area contributed by atoms with Gasteiger partial charge in [-0.25, -0.2) is 4.79 Å². The second-order valence-electron chi connectivity index (χ2n) is 4.37. The number of carbonyl (C=O) groups is 1. The molecule has 0 aliphatic carbocycles. The minimum absolute atomic E-state index is 0. The summed E-state index contributed by atoms with van der Waals surface area (Å²) in [6, 6.07) is 6.88. The Kier molecular flexibility index (Phi) is 11.2. The second-order valence-corrected chi connectivity index (χ2v) is 4.37. The molecule has 1 rings (SSSR count). The summed E-state index contributed by atoms with van der Waals surface area (Å²) >= 11 is 0. The third kappa shape index (κ3) is 6.93. The Balaban J connectivity index is 0.00000361. The fourth-order valence-corrected chi connectivity index (χ4v) is 1.87. The van der Waals surface area contributed by atoms with Crippen LogP contribution in [-0.4, -0.2) is 42.2 Å². The zero-order valence-electron chi connectivity index (χ0n) is 12.3. The van der Waals surface area contributed by atoms with E-state index in [1.165, 1.54) is 0 Å². The molecule has 20 heavy (non-hydrogen) atoms. The minimum Gasteiger partial charge on any atom is -0.462 e. The Hall–Kier alpha value is -0.286. The molecule has 5 heteroatoms. The summed E-state index contributed by atoms with van der Waals surface area (Å²) < 4.78 is 5.22. The smallest absolute Gasteiger partial charge is 0.338 e. The molecule has 0 aliphatic rings. The van der Waals surface area contributed by atoms with E-state index >= 15 is 0 Å². The van der Waals surface area contributed by atoms with Crippen molar-refractivity contribution in [2.24, 2.45) is 0 Å². The van der Waals surface area contributed by atoms with E-state index in [1.54, 1.807) is 24.3 Å². The molecule has 4 nitrogen and oxygen atoms in total. The molecule has 0 fully saturated rings. The minimum atomic E-state index is -0.324. The van der Waals surface area contributed by atoms with Crippen molar-refractivity contribution >= 4 is 5.97 Å². The fraction of sp³-hybridized carbons (Fsp3) is 0.533. The van der Waals surface area contributed by atoms with Crippen molar-refractivity contribution in [3.63, 3.8) is 0 Å². The quantitative estimate of drug-likeness (QED) is 0.574. The molecular formula is C15H23NO3Y. The molecule has 1 aromatic rings. The van der Waals surface area contributed by atoms with E-state index in [0.717, 1.165) is 31.6 Å². The topological polar surface area (TPSA) is 49.8 Å². The molecule has 0 unspecified atom stereocenters. The molecule has 109 valence electrons. The van der Waals surface area contributed by atoms with Crippen molar-refractivity contribution in [1.82, 2.24) is 4.90 Å². The van der Waals surface area contributed by atoms with E-state index in [2.05, 4.69) is 18.7 Å². The first-order chi connectivity index (χ1) is 9.21. The van der Waals surface area contributed by atoms with Crippen molar-refractivity contribution in [2.75, 3.05) is 26.2 Å². The van der Waals surface area contributed by atoms with Gasteiger partial charge in [-0.2, -0.15) is 0 Å². The molecule has 0 aliphatic heterocycles. The van der Waals surface area contributed by atoms with E-state index < -0.39 is 0 Å². The van der Waals surface area contributed by atoms with Gasteiger partial charge in [0, 0.05) is 39.3 Å². The Morgan fingerprint density at radius 3 is 2.60 bits per heavy atom. The zero-order chi connectivity index (χ0) is 14.1. The van der Waals surface area contributed by atoms with Gasteiger partial charge >= 0.3 is 5.97 Å². The summed E-state index contributed by atoms with van der Waals surface area (Å²) in [6.07, 6.45) is 0.840. The van der Waals surface area contributed by atoms with Crippen LogP contribution in [0.3, 0.4) is 0 Å². The van der Waals surface area contributed by atoms with E-state index in [1.807, 2.05) is 0 Å². The summed E-state index contributed by atoms with van der Waals surface area (Å²) in [5, 5.41) is 9.02. The van der Waals surface area contributed by atoms with E-state index in [9.17, 15) is 4.79 Å². The van der Waals surface area contributed by atoms with Crippen molar-refractivity contribution in [1.29, 1.82) is 0 Å². The van der Waals surface area contributed by atoms with Crippen LogP contribution in [0.2, 0.25) is 0 Å². The SMILES string of the molecule is CCN(CC)CCCOC(=O)c1cccc(CO)c1.[Y]. The number of nitrogens with zero attached hydrogens (tertiary/aromatic N) is 1. The van der Waals surface area contributed by atoms with E-state index in [0.29, 0.717) is 12.2 Å². The van der Waals surface area contributed by atoms with Crippen molar-refractivity contribution in [2.45, 2.75) is 26.9 Å². The maximum Gasteiger partial charge on any atom is 0.338 e. The Labute approximate surface area is 146 Å². The zero-order valence-corrected chi connectivity index (χ0v) is 15.2. The number of aliphatic hydroxyl groups is 1. The first-order valence-corrected chi connectivity index (χ1v) is 6.80. The number of carbonyl (C=O) groups excluding carboxylic acids is 1. The molecule has 0 aromatic heterocycles. The summed E-state index contributed by atoms with van der Waals surface area (Å²) in [5.41, 5.74) is 1.21. The van der Waals surface area contributed by atoms with Gasteiger partial charge in [-0.1, -0.05) is 26.0 Å². The average Bonchev–Trinajstić information content (AvgIpc) is 2.47. The predicted molar refractivity (Wildman–Crippen MR) is 75.1 cm³/mol. The fourth-order valence-electron chi connectivity index (χ4n) is 1.87. The number of hydrogen-bond donors (Lipinski definition) is 1. The Bertz CT molecular complexity index is 394. The first-order valence-electron chi connectivity index (χ1n) is 6.80. The largest absolute Gasteiger partial charge is 0.462 e. The Morgan fingerprint density at radius 2 is 2.00 bits per heavy atom. The summed E-state index contributed by atoms with van der Waals surface area (Å²) in [7, 11) is 0. The van der Waals surface area contributed by atoms with Gasteiger partial charge in [0.15, 0.2) is 0 Å². The molecule has 1 radical (unpaired) electrons. The third-order valence-electron chi connectivity index (χ3n) is 3.09. The van der Waals surface area contributed by atoms with Gasteiger partial charge < -0.3 is 14.7 Å². The standard InChI is InChI=1S/C15H23NO3.Y/c1-3-16(4-2)9-6-10-19-15(18)14-8-5-7-13(11-14)12-17;/h5,7-8,11,17H,3-4,6,9-10,12H2,1-2H3;. The molecule has 0 amide bonds. The number of aliphatic hydroxyl groups excluding tert-OH is 1. The van der Waals surface area contributed by atoms with Crippen LogP contribution >= 0.6 is 0 Å². The molecule has 0 heterocycles. The van der Waals surface area contributed by atoms with Crippen LogP contribution in [-0.2, 0) is 44.1 Å². The molecule has 0 saturated carbocycles. The van der Waals surface area contributed by atoms with Crippen molar-refractivity contribution < 1.29 is 47.3 Å². The van der Waals surface area contributed by atoms with Gasteiger partial charge in [-0.3, -0.25) is 0 Å². The van der Waals surface area contributed by atoms with Gasteiger partial charge in [0.05, 0.1) is 18.8 Å². The molecule has 0 spiro atoms. The van der Waals surface area contributed by atoms with Crippen LogP contribution < -0.4 is 0 Å². The number of benzene rings is 1. The van der Waals surface area contributed by atoms with Gasteiger partial charge in [0.2, 0.25) is 0 Å². The van der Waals surface area contributed by atoms with Crippen molar-refractivity contribution in [3.05, 3.63) is 35.4 Å². The monoisotopic (exact) mass is 354 g/mol. The third-order valence-corrected chi connectivity index (χ3v) is 3.09. The van der Waals surface area contributed by atoms with Crippen molar-refractivity contribution in [3.8, 4) is 0 Å². The molecule has 0 saturated heterocycles. The second kappa shape index (κ2) is 11.4. The van der Waals surface area contributed by atoms with Crippen LogP contribution in [0.15, 0.2) is 24.3 Å². The van der Waals surface area contributed by atoms with Crippen LogP contribution in [0.4, 0.5) is 0 Å². The molecular weight excluding hydrogens is 331 g/mol. The van der Waals surface area contributed by atoms with Gasteiger partial charge in [-0.15, -0.1) is 0 Å². The van der Waals surface area contributed by atoms with E-state index in [4.69, 9.17) is 9.84 Å².